The summed E-state index contributed by atoms with van der Waals surface area (Å²) in [6.07, 6.45) is 3.47. The van der Waals surface area contributed by atoms with E-state index in [-0.39, 0.29) is 5.91 Å². The summed E-state index contributed by atoms with van der Waals surface area (Å²) >= 11 is 2.94. The second-order valence-electron chi connectivity index (χ2n) is 4.78. The van der Waals surface area contributed by atoms with Crippen LogP contribution in [0.15, 0.2) is 57.9 Å². The second kappa shape index (κ2) is 6.80. The van der Waals surface area contributed by atoms with Gasteiger partial charge in [0.2, 0.25) is 0 Å². The van der Waals surface area contributed by atoms with Crippen LogP contribution in [0, 0.1) is 6.92 Å². The highest BCUT2D eigenvalue weighted by molar-refractivity contribution is 7.99. The Morgan fingerprint density at radius 3 is 2.70 bits per heavy atom. The molecule has 7 heteroatoms. The Morgan fingerprint density at radius 2 is 2.00 bits per heavy atom. The lowest BCUT2D eigenvalue weighted by Gasteiger charge is -2.08. The van der Waals surface area contributed by atoms with E-state index in [1.807, 2.05) is 30.5 Å². The summed E-state index contributed by atoms with van der Waals surface area (Å²) in [5, 5.41) is 5.23. The molecule has 0 aliphatic heterocycles. The number of carbonyl (C=O) groups is 1. The minimum atomic E-state index is -0.256. The highest BCUT2D eigenvalue weighted by Gasteiger charge is 2.13. The summed E-state index contributed by atoms with van der Waals surface area (Å²) in [6, 6.07) is 9.25. The molecule has 2 aromatic heterocycles. The quantitative estimate of drug-likeness (QED) is 0.704. The van der Waals surface area contributed by atoms with Crippen LogP contribution in [-0.4, -0.2) is 15.9 Å². The Kier molecular flexibility index (Phi) is 4.59. The maximum atomic E-state index is 12.4. The van der Waals surface area contributed by atoms with Crippen molar-refractivity contribution in [1.82, 2.24) is 9.97 Å². The first-order valence-electron chi connectivity index (χ1n) is 6.83. The summed E-state index contributed by atoms with van der Waals surface area (Å²) in [5.41, 5.74) is 7.70. The van der Waals surface area contributed by atoms with Gasteiger partial charge in [-0.15, -0.1) is 11.3 Å². The molecule has 1 amide bonds. The monoisotopic (exact) mass is 342 g/mol. The van der Waals surface area contributed by atoms with Gasteiger partial charge in [0.25, 0.3) is 5.91 Å². The lowest BCUT2D eigenvalue weighted by molar-refractivity contribution is 0.102. The second-order valence-corrected chi connectivity index (χ2v) is 6.79. The zero-order valence-corrected chi connectivity index (χ0v) is 13.9. The molecule has 0 spiro atoms. The number of aromatic nitrogens is 2. The van der Waals surface area contributed by atoms with Gasteiger partial charge in [0.15, 0.2) is 5.13 Å². The van der Waals surface area contributed by atoms with Gasteiger partial charge in [-0.1, -0.05) is 11.8 Å². The van der Waals surface area contributed by atoms with Gasteiger partial charge in [-0.05, 0) is 37.3 Å². The number of amides is 1. The van der Waals surface area contributed by atoms with Crippen molar-refractivity contribution in [2.75, 3.05) is 11.1 Å². The van der Waals surface area contributed by atoms with Crippen LogP contribution in [0.5, 0.6) is 0 Å². The number of nitrogens with two attached hydrogens (primary N) is 1. The van der Waals surface area contributed by atoms with Gasteiger partial charge in [0.05, 0.1) is 11.3 Å². The van der Waals surface area contributed by atoms with Gasteiger partial charge in [-0.2, -0.15) is 0 Å². The Bertz CT molecular complexity index is 833. The third kappa shape index (κ3) is 3.88. The summed E-state index contributed by atoms with van der Waals surface area (Å²) in [7, 11) is 0. The average Bonchev–Trinajstić information content (AvgIpc) is 2.95. The first-order valence-corrected chi connectivity index (χ1v) is 8.52. The van der Waals surface area contributed by atoms with E-state index >= 15 is 0 Å². The lowest BCUT2D eigenvalue weighted by Crippen LogP contribution is -2.14. The third-order valence-corrected chi connectivity index (χ3v) is 4.87. The van der Waals surface area contributed by atoms with Crippen molar-refractivity contribution >= 4 is 39.8 Å². The van der Waals surface area contributed by atoms with Gasteiger partial charge in [-0.25, -0.2) is 4.98 Å². The number of nitrogens with zero attached hydrogens (tertiary/aromatic N) is 2. The topological polar surface area (TPSA) is 80.9 Å². The van der Waals surface area contributed by atoms with Crippen LogP contribution in [0.4, 0.5) is 10.8 Å². The van der Waals surface area contributed by atoms with Gasteiger partial charge in [-0.3, -0.25) is 15.1 Å². The van der Waals surface area contributed by atoms with Crippen LogP contribution in [-0.2, 0) is 0 Å². The van der Waals surface area contributed by atoms with Crippen LogP contribution in [0.3, 0.4) is 0 Å². The maximum Gasteiger partial charge on any atom is 0.259 e. The molecule has 3 rings (SSSR count). The van der Waals surface area contributed by atoms with Gasteiger partial charge in [0.1, 0.15) is 0 Å². The van der Waals surface area contributed by atoms with E-state index < -0.39 is 0 Å². The summed E-state index contributed by atoms with van der Waals surface area (Å²) < 4.78 is 0. The van der Waals surface area contributed by atoms with Crippen LogP contribution >= 0.6 is 23.1 Å². The normalized spacial score (nSPS) is 10.5. The Morgan fingerprint density at radius 1 is 1.22 bits per heavy atom. The molecule has 116 valence electrons. The molecule has 0 fully saturated rings. The van der Waals surface area contributed by atoms with Crippen molar-refractivity contribution in [3.05, 3.63) is 59.4 Å². The van der Waals surface area contributed by atoms with Crippen LogP contribution < -0.4 is 11.1 Å². The number of hydrogen-bond donors (Lipinski definition) is 2. The summed E-state index contributed by atoms with van der Waals surface area (Å²) in [6.45, 7) is 1.88. The largest absolute Gasteiger partial charge is 0.398 e. The number of hydrogen-bond acceptors (Lipinski definition) is 6. The molecule has 0 saturated heterocycles. The highest BCUT2D eigenvalue weighted by Crippen LogP contribution is 2.30. The van der Waals surface area contributed by atoms with Crippen molar-refractivity contribution in [3.63, 3.8) is 0 Å². The molecule has 1 aromatic carbocycles. The molecular formula is C16H14N4OS2. The predicted octanol–water partition coefficient (Wildman–Crippen LogP) is 3.83. The van der Waals surface area contributed by atoms with Crippen molar-refractivity contribution in [1.29, 1.82) is 0 Å². The number of nitrogen functional groups attached to an aromatic ring is 1. The molecule has 3 N–H and O–H groups in total. The molecule has 5 nitrogen and oxygen atoms in total. The summed E-state index contributed by atoms with van der Waals surface area (Å²) in [4.78, 5) is 22.6. The van der Waals surface area contributed by atoms with E-state index in [1.54, 1.807) is 36.3 Å². The summed E-state index contributed by atoms with van der Waals surface area (Å²) in [5.74, 6) is -0.256. The maximum absolute atomic E-state index is 12.4. The van der Waals surface area contributed by atoms with E-state index in [9.17, 15) is 4.79 Å². The van der Waals surface area contributed by atoms with E-state index in [0.29, 0.717) is 16.4 Å². The number of rotatable bonds is 4. The molecule has 0 saturated carbocycles. The average molecular weight is 342 g/mol. The molecule has 23 heavy (non-hydrogen) atoms. The number of nitrogens with one attached hydrogen (secondary N) is 1. The predicted molar refractivity (Wildman–Crippen MR) is 94.0 cm³/mol. The lowest BCUT2D eigenvalue weighted by atomic mass is 10.1. The van der Waals surface area contributed by atoms with Crippen LogP contribution in [0.25, 0.3) is 0 Å². The van der Waals surface area contributed by atoms with Gasteiger partial charge in [0, 0.05) is 33.3 Å². The fraction of sp³-hybridized carbons (Fsp3) is 0.0625. The number of thiazole rings is 1. The molecule has 2 heterocycles. The van der Waals surface area contributed by atoms with E-state index in [4.69, 9.17) is 5.73 Å². The Balaban J connectivity index is 1.81. The number of anilines is 2. The molecule has 0 atom stereocenters. The first kappa shape index (κ1) is 15.5. The Labute approximate surface area is 142 Å². The van der Waals surface area contributed by atoms with Crippen molar-refractivity contribution in [2.24, 2.45) is 0 Å². The van der Waals surface area contributed by atoms with E-state index in [2.05, 4.69) is 15.3 Å². The molecule has 0 radical (unpaired) electrons. The highest BCUT2D eigenvalue weighted by atomic mass is 32.2. The van der Waals surface area contributed by atoms with E-state index in [0.717, 1.165) is 15.5 Å². The van der Waals surface area contributed by atoms with Crippen molar-refractivity contribution in [3.8, 4) is 0 Å². The first-order chi connectivity index (χ1) is 11.1. The zero-order valence-electron chi connectivity index (χ0n) is 12.3. The van der Waals surface area contributed by atoms with Crippen LogP contribution in [0.2, 0.25) is 0 Å². The third-order valence-electron chi connectivity index (χ3n) is 2.99. The number of benzene rings is 1. The van der Waals surface area contributed by atoms with Gasteiger partial charge < -0.3 is 5.73 Å². The molecule has 0 bridgehead atoms. The minimum absolute atomic E-state index is 0.256. The number of aryl methyl sites for hydroxylation is 1. The fourth-order valence-corrected chi connectivity index (χ4v) is 3.44. The molecule has 0 unspecified atom stereocenters. The minimum Gasteiger partial charge on any atom is -0.398 e. The molecule has 0 aliphatic carbocycles. The molecular weight excluding hydrogens is 328 g/mol. The smallest absolute Gasteiger partial charge is 0.259 e. The van der Waals surface area contributed by atoms with Crippen molar-refractivity contribution in [2.45, 2.75) is 16.7 Å². The molecule has 3 aromatic rings. The number of pyridine rings is 1. The van der Waals surface area contributed by atoms with E-state index in [1.165, 1.54) is 11.3 Å². The van der Waals surface area contributed by atoms with Gasteiger partial charge >= 0.3 is 0 Å². The molecule has 0 aliphatic rings. The van der Waals surface area contributed by atoms with Crippen molar-refractivity contribution < 1.29 is 4.79 Å². The zero-order chi connectivity index (χ0) is 16.2. The standard InChI is InChI=1S/C16H14N4OS2/c1-10-9-22-16(19-10)20-15(21)13-8-12(2-3-14(13)17)23-11-4-6-18-7-5-11/h2-9H,17H2,1H3,(H,19,20,21). The van der Waals surface area contributed by atoms with Crippen LogP contribution in [0.1, 0.15) is 16.1 Å². The Hall–Kier alpha value is -2.38. The SMILES string of the molecule is Cc1csc(NC(=O)c2cc(Sc3ccncc3)ccc2N)n1. The fourth-order valence-electron chi connectivity index (χ4n) is 1.91. The number of carbonyl (C=O) groups excluding carboxylic acids is 1.